The smallest absolute Gasteiger partial charge is 0.274 e. The number of nitrogens with zero attached hydrogens (tertiary/aromatic N) is 3. The van der Waals surface area contributed by atoms with Crippen molar-refractivity contribution in [3.8, 4) is 5.75 Å². The Labute approximate surface area is 153 Å². The molecule has 134 valence electrons. The lowest BCUT2D eigenvalue weighted by molar-refractivity contribution is 0.0778. The summed E-state index contributed by atoms with van der Waals surface area (Å²) in [5.41, 5.74) is 2.13. The van der Waals surface area contributed by atoms with Gasteiger partial charge in [-0.3, -0.25) is 9.78 Å². The first kappa shape index (κ1) is 17.9. The largest absolute Gasteiger partial charge is 0.493 e. The third-order valence-electron chi connectivity index (χ3n) is 4.20. The molecule has 5 nitrogen and oxygen atoms in total. The highest BCUT2D eigenvalue weighted by molar-refractivity contribution is 5.93. The zero-order chi connectivity index (χ0) is 18.5. The molecule has 3 aromatic rings. The highest BCUT2D eigenvalue weighted by Gasteiger charge is 2.17. The molecule has 3 rings (SSSR count). The molecule has 5 heteroatoms. The third-order valence-corrected chi connectivity index (χ3v) is 4.20. The number of amides is 1. The van der Waals surface area contributed by atoms with Crippen LogP contribution in [0, 0.1) is 6.92 Å². The van der Waals surface area contributed by atoms with Crippen LogP contribution in [0.2, 0.25) is 0 Å². The van der Waals surface area contributed by atoms with Crippen LogP contribution in [0.25, 0.3) is 10.8 Å². The molecule has 26 heavy (non-hydrogen) atoms. The van der Waals surface area contributed by atoms with E-state index in [4.69, 9.17) is 4.74 Å². The van der Waals surface area contributed by atoms with Crippen LogP contribution in [-0.4, -0.2) is 34.4 Å². The van der Waals surface area contributed by atoms with Crippen LogP contribution in [0.5, 0.6) is 5.75 Å². The number of fused-ring (bicyclic) bond motifs is 1. The van der Waals surface area contributed by atoms with Gasteiger partial charge in [0.1, 0.15) is 11.4 Å². The van der Waals surface area contributed by atoms with Crippen molar-refractivity contribution in [1.82, 2.24) is 14.9 Å². The van der Waals surface area contributed by atoms with E-state index in [0.29, 0.717) is 18.8 Å². The van der Waals surface area contributed by atoms with Gasteiger partial charge in [-0.15, -0.1) is 0 Å². The van der Waals surface area contributed by atoms with E-state index in [-0.39, 0.29) is 5.91 Å². The molecule has 0 aliphatic rings. The number of carbonyl (C=O) groups excluding carboxylic acids is 1. The molecule has 0 bridgehead atoms. The first-order valence-corrected chi connectivity index (χ1v) is 8.77. The van der Waals surface area contributed by atoms with E-state index in [1.165, 1.54) is 6.20 Å². The van der Waals surface area contributed by atoms with Crippen molar-refractivity contribution in [2.45, 2.75) is 26.8 Å². The Morgan fingerprint density at radius 1 is 1.12 bits per heavy atom. The van der Waals surface area contributed by atoms with Crippen LogP contribution in [-0.2, 0) is 6.54 Å². The summed E-state index contributed by atoms with van der Waals surface area (Å²) in [4.78, 5) is 22.7. The van der Waals surface area contributed by atoms with Gasteiger partial charge in [0, 0.05) is 25.4 Å². The summed E-state index contributed by atoms with van der Waals surface area (Å²) >= 11 is 0. The second-order valence-electron chi connectivity index (χ2n) is 6.32. The van der Waals surface area contributed by atoms with Crippen molar-refractivity contribution in [3.05, 3.63) is 65.7 Å². The quantitative estimate of drug-likeness (QED) is 0.675. The minimum absolute atomic E-state index is 0.160. The average molecular weight is 349 g/mol. The summed E-state index contributed by atoms with van der Waals surface area (Å²) in [6, 6.07) is 12.2. The Morgan fingerprint density at radius 2 is 1.92 bits per heavy atom. The Balaban J connectivity index is 1.92. The van der Waals surface area contributed by atoms with Gasteiger partial charge in [0.15, 0.2) is 0 Å². The van der Waals surface area contributed by atoms with Crippen LogP contribution in [0.1, 0.15) is 35.1 Å². The average Bonchev–Trinajstić information content (AvgIpc) is 2.67. The molecule has 0 aliphatic heterocycles. The van der Waals surface area contributed by atoms with E-state index in [0.717, 1.165) is 34.2 Å². The Kier molecular flexibility index (Phi) is 5.46. The van der Waals surface area contributed by atoms with Crippen molar-refractivity contribution in [3.63, 3.8) is 0 Å². The first-order valence-electron chi connectivity index (χ1n) is 8.77. The molecule has 2 aromatic carbocycles. The lowest BCUT2D eigenvalue weighted by atomic mass is 10.0. The van der Waals surface area contributed by atoms with Gasteiger partial charge < -0.3 is 9.64 Å². The lowest BCUT2D eigenvalue weighted by Crippen LogP contribution is -2.27. The predicted molar refractivity (Wildman–Crippen MR) is 102 cm³/mol. The number of benzene rings is 2. The molecule has 0 aliphatic carbocycles. The molecule has 0 saturated carbocycles. The maximum Gasteiger partial charge on any atom is 0.274 e. The Hall–Kier alpha value is -2.95. The summed E-state index contributed by atoms with van der Waals surface area (Å²) in [7, 11) is 1.77. The number of aromatic nitrogens is 2. The zero-order valence-corrected chi connectivity index (χ0v) is 15.4. The van der Waals surface area contributed by atoms with Crippen LogP contribution in [0.15, 0.2) is 48.8 Å². The molecule has 0 atom stereocenters. The summed E-state index contributed by atoms with van der Waals surface area (Å²) in [5.74, 6) is 0.659. The van der Waals surface area contributed by atoms with E-state index in [1.54, 1.807) is 18.1 Å². The van der Waals surface area contributed by atoms with Crippen molar-refractivity contribution < 1.29 is 9.53 Å². The highest BCUT2D eigenvalue weighted by Crippen LogP contribution is 2.29. The second-order valence-corrected chi connectivity index (χ2v) is 6.32. The van der Waals surface area contributed by atoms with Crippen LogP contribution in [0.3, 0.4) is 0 Å². The van der Waals surface area contributed by atoms with E-state index in [1.807, 2.05) is 25.1 Å². The van der Waals surface area contributed by atoms with Crippen molar-refractivity contribution >= 4 is 16.7 Å². The summed E-state index contributed by atoms with van der Waals surface area (Å²) < 4.78 is 5.93. The molecule has 0 spiro atoms. The van der Waals surface area contributed by atoms with Crippen LogP contribution < -0.4 is 4.74 Å². The number of ether oxygens (including phenoxy) is 1. The minimum atomic E-state index is -0.160. The normalized spacial score (nSPS) is 10.7. The molecule has 0 unspecified atom stereocenters. The van der Waals surface area contributed by atoms with Gasteiger partial charge in [0.05, 0.1) is 18.5 Å². The van der Waals surface area contributed by atoms with Gasteiger partial charge in [0.25, 0.3) is 5.91 Å². The maximum absolute atomic E-state index is 12.7. The van der Waals surface area contributed by atoms with Crippen molar-refractivity contribution in [2.75, 3.05) is 13.7 Å². The molecule has 1 amide bonds. The van der Waals surface area contributed by atoms with E-state index >= 15 is 0 Å². The SMILES string of the molecule is CCCOc1ccc2ccccc2c1CN(C)C(=O)c1cnc(C)cn1. The predicted octanol–water partition coefficient (Wildman–Crippen LogP) is 4.00. The van der Waals surface area contributed by atoms with E-state index in [2.05, 4.69) is 35.1 Å². The molecule has 0 fully saturated rings. The van der Waals surface area contributed by atoms with Crippen LogP contribution in [0.4, 0.5) is 0 Å². The third kappa shape index (κ3) is 3.82. The number of aryl methyl sites for hydroxylation is 1. The van der Waals surface area contributed by atoms with Gasteiger partial charge in [0.2, 0.25) is 0 Å². The molecular weight excluding hydrogens is 326 g/mol. The summed E-state index contributed by atoms with van der Waals surface area (Å²) in [5, 5.41) is 2.22. The lowest BCUT2D eigenvalue weighted by Gasteiger charge is -2.20. The van der Waals surface area contributed by atoms with Gasteiger partial charge in [-0.1, -0.05) is 37.3 Å². The van der Waals surface area contributed by atoms with E-state index < -0.39 is 0 Å². The van der Waals surface area contributed by atoms with Crippen LogP contribution >= 0.6 is 0 Å². The van der Waals surface area contributed by atoms with Crippen molar-refractivity contribution in [2.24, 2.45) is 0 Å². The fourth-order valence-electron chi connectivity index (χ4n) is 2.83. The minimum Gasteiger partial charge on any atom is -0.493 e. The molecular formula is C21H23N3O2. The van der Waals surface area contributed by atoms with Gasteiger partial charge in [-0.05, 0) is 30.2 Å². The topological polar surface area (TPSA) is 55.3 Å². The Morgan fingerprint density at radius 3 is 2.65 bits per heavy atom. The standard InChI is InChI=1S/C21H23N3O2/c1-4-11-26-20-10-9-16-7-5-6-8-17(16)18(20)14-24(3)21(25)19-13-22-15(2)12-23-19/h5-10,12-13H,4,11,14H2,1-3H3. The maximum atomic E-state index is 12.7. The first-order chi connectivity index (χ1) is 12.6. The number of carbonyl (C=O) groups is 1. The Bertz CT molecular complexity index is 907. The van der Waals surface area contributed by atoms with Gasteiger partial charge in [-0.25, -0.2) is 4.98 Å². The molecule has 1 aromatic heterocycles. The fourth-order valence-corrected chi connectivity index (χ4v) is 2.83. The van der Waals surface area contributed by atoms with Crippen molar-refractivity contribution in [1.29, 1.82) is 0 Å². The second kappa shape index (κ2) is 7.95. The molecule has 0 radical (unpaired) electrons. The molecule has 1 heterocycles. The monoisotopic (exact) mass is 349 g/mol. The van der Waals surface area contributed by atoms with E-state index in [9.17, 15) is 4.79 Å². The highest BCUT2D eigenvalue weighted by atomic mass is 16.5. The number of hydrogen-bond donors (Lipinski definition) is 0. The molecule has 0 N–H and O–H groups in total. The summed E-state index contributed by atoms with van der Waals surface area (Å²) in [6.07, 6.45) is 4.06. The molecule has 0 saturated heterocycles. The zero-order valence-electron chi connectivity index (χ0n) is 15.4. The number of rotatable bonds is 6. The summed E-state index contributed by atoms with van der Waals surface area (Å²) in [6.45, 7) is 5.01. The fraction of sp³-hybridized carbons (Fsp3) is 0.286. The number of hydrogen-bond acceptors (Lipinski definition) is 4. The van der Waals surface area contributed by atoms with Gasteiger partial charge >= 0.3 is 0 Å². The van der Waals surface area contributed by atoms with Gasteiger partial charge in [-0.2, -0.15) is 0 Å².